The molecule has 2 heteroatoms. The number of nitriles is 1. The zero-order valence-corrected chi connectivity index (χ0v) is 11.7. The van der Waals surface area contributed by atoms with E-state index >= 15 is 0 Å². The summed E-state index contributed by atoms with van der Waals surface area (Å²) >= 11 is 0. The zero-order chi connectivity index (χ0) is 13.0. The van der Waals surface area contributed by atoms with E-state index in [-0.39, 0.29) is 0 Å². The third kappa shape index (κ3) is 3.49. The fraction of sp³-hybridized carbons (Fsp3) is 0.929. The lowest BCUT2D eigenvalue weighted by Crippen LogP contribution is -2.47. The van der Waals surface area contributed by atoms with E-state index in [4.69, 9.17) is 0 Å². The van der Waals surface area contributed by atoms with Crippen LogP contribution in [-0.2, 0) is 0 Å². The molecule has 0 aromatic carbocycles. The predicted octanol–water partition coefficient (Wildman–Crippen LogP) is 3.75. The highest BCUT2D eigenvalue weighted by molar-refractivity contribution is 5.08. The average molecular weight is 225 g/mol. The summed E-state index contributed by atoms with van der Waals surface area (Å²) in [7, 11) is 0. The van der Waals surface area contributed by atoms with Crippen LogP contribution in [0.5, 0.6) is 0 Å². The fourth-order valence-electron chi connectivity index (χ4n) is 2.40. The molecular formula is C14H27NO. The van der Waals surface area contributed by atoms with Gasteiger partial charge in [0.1, 0.15) is 0 Å². The van der Waals surface area contributed by atoms with Crippen molar-refractivity contribution in [1.29, 1.82) is 5.26 Å². The van der Waals surface area contributed by atoms with Crippen molar-refractivity contribution < 1.29 is 5.11 Å². The number of aliphatic hydroxyl groups is 1. The van der Waals surface area contributed by atoms with Gasteiger partial charge in [-0.1, -0.05) is 34.6 Å². The van der Waals surface area contributed by atoms with Crippen LogP contribution in [0.2, 0.25) is 0 Å². The molecule has 0 aliphatic rings. The second-order valence-electron chi connectivity index (χ2n) is 6.02. The molecule has 94 valence electrons. The maximum Gasteiger partial charge on any atom is 0.0835 e. The lowest BCUT2D eigenvalue weighted by molar-refractivity contribution is -0.0793. The summed E-state index contributed by atoms with van der Waals surface area (Å²) in [4.78, 5) is 0. The normalized spacial score (nSPS) is 16.2. The summed E-state index contributed by atoms with van der Waals surface area (Å²) < 4.78 is 0. The average Bonchev–Trinajstić information content (AvgIpc) is 2.13. The van der Waals surface area contributed by atoms with Gasteiger partial charge in [-0.2, -0.15) is 5.26 Å². The zero-order valence-electron chi connectivity index (χ0n) is 11.7. The Labute approximate surface area is 101 Å². The van der Waals surface area contributed by atoms with Crippen molar-refractivity contribution in [2.24, 2.45) is 17.3 Å². The molecule has 0 saturated carbocycles. The van der Waals surface area contributed by atoms with Gasteiger partial charge in [-0.15, -0.1) is 0 Å². The summed E-state index contributed by atoms with van der Waals surface area (Å²) in [5.74, 6) is 0.811. The van der Waals surface area contributed by atoms with Gasteiger partial charge in [-0.25, -0.2) is 0 Å². The Hall–Kier alpha value is -0.550. The molecule has 0 saturated heterocycles. The molecule has 0 fully saturated rings. The number of rotatable bonds is 6. The Bertz CT molecular complexity index is 242. The van der Waals surface area contributed by atoms with Gasteiger partial charge in [0.25, 0.3) is 0 Å². The molecule has 1 atom stereocenters. The van der Waals surface area contributed by atoms with Gasteiger partial charge in [0.2, 0.25) is 0 Å². The Morgan fingerprint density at radius 3 is 1.69 bits per heavy atom. The minimum absolute atomic E-state index is 0.406. The number of hydrogen-bond acceptors (Lipinski definition) is 2. The highest BCUT2D eigenvalue weighted by atomic mass is 16.3. The van der Waals surface area contributed by atoms with Crippen LogP contribution in [0.15, 0.2) is 0 Å². The first-order valence-electron chi connectivity index (χ1n) is 6.34. The highest BCUT2D eigenvalue weighted by Gasteiger charge is 2.46. The van der Waals surface area contributed by atoms with E-state index in [1.807, 2.05) is 13.8 Å². The molecule has 0 aromatic heterocycles. The molecule has 0 aromatic rings. The van der Waals surface area contributed by atoms with Gasteiger partial charge in [0, 0.05) is 0 Å². The molecular weight excluding hydrogens is 198 g/mol. The second-order valence-corrected chi connectivity index (χ2v) is 6.02. The van der Waals surface area contributed by atoms with Crippen LogP contribution in [0.1, 0.15) is 60.8 Å². The molecule has 0 heterocycles. The van der Waals surface area contributed by atoms with Crippen LogP contribution >= 0.6 is 0 Å². The van der Waals surface area contributed by atoms with Crippen LogP contribution in [-0.4, -0.2) is 10.7 Å². The van der Waals surface area contributed by atoms with Gasteiger partial charge in [-0.3, -0.25) is 0 Å². The van der Waals surface area contributed by atoms with E-state index in [1.54, 1.807) is 0 Å². The van der Waals surface area contributed by atoms with Crippen LogP contribution in [0.3, 0.4) is 0 Å². The lowest BCUT2D eigenvalue weighted by atomic mass is 9.65. The van der Waals surface area contributed by atoms with Crippen molar-refractivity contribution in [3.05, 3.63) is 0 Å². The first kappa shape index (κ1) is 15.4. The lowest BCUT2D eigenvalue weighted by Gasteiger charge is -2.42. The van der Waals surface area contributed by atoms with Crippen molar-refractivity contribution in [3.63, 3.8) is 0 Å². The Balaban J connectivity index is 5.13. The molecule has 2 nitrogen and oxygen atoms in total. The standard InChI is InChI=1S/C14H27NO/c1-7-13(6,10-15)14(16,8-11(2)3)9-12(4)5/h11-12,16H,7-9H2,1-6H3. The minimum Gasteiger partial charge on any atom is -0.388 e. The fourth-order valence-corrected chi connectivity index (χ4v) is 2.40. The summed E-state index contributed by atoms with van der Waals surface area (Å²) in [6.45, 7) is 12.3. The maximum atomic E-state index is 10.8. The largest absolute Gasteiger partial charge is 0.388 e. The number of hydrogen-bond donors (Lipinski definition) is 1. The van der Waals surface area contributed by atoms with Gasteiger partial charge < -0.3 is 5.11 Å². The van der Waals surface area contributed by atoms with Crippen LogP contribution in [0.25, 0.3) is 0 Å². The predicted molar refractivity (Wildman–Crippen MR) is 67.9 cm³/mol. The maximum absolute atomic E-state index is 10.8. The van der Waals surface area contributed by atoms with Crippen molar-refractivity contribution in [2.45, 2.75) is 66.4 Å². The van der Waals surface area contributed by atoms with Crippen LogP contribution in [0, 0.1) is 28.6 Å². The third-order valence-electron chi connectivity index (χ3n) is 3.47. The monoisotopic (exact) mass is 225 g/mol. The van der Waals surface area contributed by atoms with Crippen LogP contribution in [0.4, 0.5) is 0 Å². The topological polar surface area (TPSA) is 44.0 Å². The summed E-state index contributed by atoms with van der Waals surface area (Å²) in [6.07, 6.45) is 2.09. The van der Waals surface area contributed by atoms with Crippen molar-refractivity contribution >= 4 is 0 Å². The van der Waals surface area contributed by atoms with Crippen molar-refractivity contribution in [1.82, 2.24) is 0 Å². The van der Waals surface area contributed by atoms with Crippen molar-refractivity contribution in [3.8, 4) is 6.07 Å². The van der Waals surface area contributed by atoms with Gasteiger partial charge >= 0.3 is 0 Å². The smallest absolute Gasteiger partial charge is 0.0835 e. The summed E-state index contributed by atoms with van der Waals surface area (Å²) in [5.41, 5.74) is -1.50. The van der Waals surface area contributed by atoms with Gasteiger partial charge in [-0.05, 0) is 38.0 Å². The Kier molecular flexibility index (Phi) is 5.49. The molecule has 0 aliphatic carbocycles. The molecule has 0 amide bonds. The van der Waals surface area contributed by atoms with E-state index in [9.17, 15) is 10.4 Å². The Morgan fingerprint density at radius 2 is 1.50 bits per heavy atom. The molecule has 0 bridgehead atoms. The molecule has 0 spiro atoms. The van der Waals surface area contributed by atoms with Gasteiger partial charge in [0.05, 0.1) is 17.1 Å². The number of nitrogens with zero attached hydrogens (tertiary/aromatic N) is 1. The SMILES string of the molecule is CCC(C)(C#N)C(O)(CC(C)C)CC(C)C. The van der Waals surface area contributed by atoms with E-state index < -0.39 is 11.0 Å². The molecule has 16 heavy (non-hydrogen) atoms. The summed E-state index contributed by atoms with van der Waals surface area (Å²) in [6, 6.07) is 2.33. The Morgan fingerprint density at radius 1 is 1.12 bits per heavy atom. The van der Waals surface area contributed by atoms with E-state index in [0.29, 0.717) is 31.1 Å². The quantitative estimate of drug-likeness (QED) is 0.748. The minimum atomic E-state index is -0.862. The summed E-state index contributed by atoms with van der Waals surface area (Å²) in [5, 5.41) is 20.2. The van der Waals surface area contributed by atoms with Gasteiger partial charge in [0.15, 0.2) is 0 Å². The first-order chi connectivity index (χ1) is 7.20. The highest BCUT2D eigenvalue weighted by Crippen LogP contribution is 2.42. The molecule has 1 unspecified atom stereocenters. The van der Waals surface area contributed by atoms with Crippen LogP contribution < -0.4 is 0 Å². The molecule has 0 rings (SSSR count). The van der Waals surface area contributed by atoms with E-state index in [0.717, 1.165) is 0 Å². The molecule has 1 N–H and O–H groups in total. The molecule has 0 aliphatic heterocycles. The third-order valence-corrected chi connectivity index (χ3v) is 3.47. The van der Waals surface area contributed by atoms with E-state index in [1.165, 1.54) is 0 Å². The van der Waals surface area contributed by atoms with Crippen molar-refractivity contribution in [2.75, 3.05) is 0 Å². The first-order valence-corrected chi connectivity index (χ1v) is 6.34. The molecule has 0 radical (unpaired) electrons. The second kappa shape index (κ2) is 5.68. The van der Waals surface area contributed by atoms with E-state index in [2.05, 4.69) is 33.8 Å².